The van der Waals surface area contributed by atoms with Crippen molar-refractivity contribution in [2.75, 3.05) is 5.73 Å². The smallest absolute Gasteiger partial charge is 0.199 e. The molecule has 6 heteroatoms. The third-order valence-corrected chi connectivity index (χ3v) is 2.69. The summed E-state index contributed by atoms with van der Waals surface area (Å²) in [5, 5.41) is 7.25. The summed E-state index contributed by atoms with van der Waals surface area (Å²) < 4.78 is 4.56. The minimum absolute atomic E-state index is 0.236. The molecule has 2 heterocycles. The third kappa shape index (κ3) is 1.54. The summed E-state index contributed by atoms with van der Waals surface area (Å²) in [4.78, 5) is 7.55. The van der Waals surface area contributed by atoms with E-state index in [1.165, 1.54) is 5.56 Å². The number of hydrogen-bond donors (Lipinski definition) is 2. The molecule has 0 aliphatic heterocycles. The maximum absolute atomic E-state index is 5.62. The van der Waals surface area contributed by atoms with E-state index in [-0.39, 0.29) is 5.82 Å². The molecule has 3 N–H and O–H groups in total. The van der Waals surface area contributed by atoms with E-state index in [4.69, 9.17) is 5.73 Å². The van der Waals surface area contributed by atoms with Crippen LogP contribution in [0, 0.1) is 0 Å². The van der Waals surface area contributed by atoms with Crippen molar-refractivity contribution < 1.29 is 4.63 Å². The number of aromatic nitrogens is 4. The van der Waals surface area contributed by atoms with Gasteiger partial charge >= 0.3 is 0 Å². The molecule has 0 radical (unpaired) electrons. The van der Waals surface area contributed by atoms with Gasteiger partial charge < -0.3 is 10.7 Å². The van der Waals surface area contributed by atoms with E-state index >= 15 is 0 Å². The normalized spacial score (nSPS) is 11.1. The van der Waals surface area contributed by atoms with Gasteiger partial charge in [-0.3, -0.25) is 0 Å². The monoisotopic (exact) mass is 229 g/mol. The lowest BCUT2D eigenvalue weighted by molar-refractivity contribution is 0.310. The molecule has 17 heavy (non-hydrogen) atoms. The Balaban J connectivity index is 2.17. The van der Waals surface area contributed by atoms with Gasteiger partial charge in [0.25, 0.3) is 0 Å². The molecule has 0 spiro atoms. The highest BCUT2D eigenvalue weighted by atomic mass is 16.6. The molecule has 6 nitrogen and oxygen atoms in total. The average Bonchev–Trinajstić information content (AvgIpc) is 2.93. The Kier molecular flexibility index (Phi) is 2.07. The molecule has 0 unspecified atom stereocenters. The fourth-order valence-electron chi connectivity index (χ4n) is 1.75. The summed E-state index contributed by atoms with van der Waals surface area (Å²) in [5.41, 5.74) is 9.15. The van der Waals surface area contributed by atoms with Gasteiger partial charge in [-0.05, 0) is 34.4 Å². The van der Waals surface area contributed by atoms with Crippen molar-refractivity contribution in [1.82, 2.24) is 20.3 Å². The van der Waals surface area contributed by atoms with Crippen molar-refractivity contribution in [3.05, 3.63) is 23.8 Å². The first-order chi connectivity index (χ1) is 8.28. The van der Waals surface area contributed by atoms with Gasteiger partial charge in [0, 0.05) is 0 Å². The lowest BCUT2D eigenvalue weighted by Gasteiger charge is -1.93. The van der Waals surface area contributed by atoms with Crippen LogP contribution in [-0.2, 0) is 6.42 Å². The van der Waals surface area contributed by atoms with Crippen molar-refractivity contribution in [1.29, 1.82) is 0 Å². The fraction of sp³-hybridized carbons (Fsp3) is 0.182. The Morgan fingerprint density at radius 1 is 1.35 bits per heavy atom. The highest BCUT2D eigenvalue weighted by Crippen LogP contribution is 2.22. The molecular weight excluding hydrogens is 218 g/mol. The number of aryl methyl sites for hydroxylation is 1. The molecule has 0 saturated heterocycles. The van der Waals surface area contributed by atoms with Crippen molar-refractivity contribution in [2.45, 2.75) is 13.3 Å². The Morgan fingerprint density at radius 3 is 2.94 bits per heavy atom. The van der Waals surface area contributed by atoms with Crippen LogP contribution in [0.2, 0.25) is 0 Å². The number of aromatic amines is 1. The zero-order valence-electron chi connectivity index (χ0n) is 9.27. The summed E-state index contributed by atoms with van der Waals surface area (Å²) in [6, 6.07) is 6.09. The minimum Gasteiger partial charge on any atom is -0.379 e. The molecule has 1 aromatic carbocycles. The van der Waals surface area contributed by atoms with Gasteiger partial charge in [-0.25, -0.2) is 9.61 Å². The van der Waals surface area contributed by atoms with Gasteiger partial charge in [0.1, 0.15) is 0 Å². The summed E-state index contributed by atoms with van der Waals surface area (Å²) in [6.45, 7) is 2.11. The molecule has 2 aromatic heterocycles. The molecular formula is C11H11N5O. The average molecular weight is 229 g/mol. The van der Waals surface area contributed by atoms with Crippen LogP contribution in [0.4, 0.5) is 5.82 Å². The molecule has 86 valence electrons. The predicted octanol–water partition coefficient (Wildman–Crippen LogP) is 1.76. The van der Waals surface area contributed by atoms with Gasteiger partial charge in [-0.1, -0.05) is 13.0 Å². The highest BCUT2D eigenvalue weighted by molar-refractivity contribution is 5.80. The van der Waals surface area contributed by atoms with Crippen LogP contribution in [0.5, 0.6) is 0 Å². The maximum Gasteiger partial charge on any atom is 0.199 e. The van der Waals surface area contributed by atoms with Crippen molar-refractivity contribution >= 4 is 16.9 Å². The molecule has 0 fully saturated rings. The standard InChI is InChI=1S/C11H11N5O/c1-2-6-3-4-7-8(5-6)14-11(13-7)9-10(12)16-17-15-9/h3-5H,2H2,1H3,(H2,12,16)(H,13,14). The molecule has 0 aliphatic rings. The number of nitrogen functional groups attached to an aromatic ring is 1. The Bertz CT molecular complexity index is 669. The van der Waals surface area contributed by atoms with E-state index in [2.05, 4.69) is 44.0 Å². The third-order valence-electron chi connectivity index (χ3n) is 2.69. The van der Waals surface area contributed by atoms with E-state index in [1.807, 2.05) is 6.07 Å². The van der Waals surface area contributed by atoms with E-state index < -0.39 is 0 Å². The van der Waals surface area contributed by atoms with Crippen LogP contribution in [0.15, 0.2) is 22.8 Å². The predicted molar refractivity (Wildman–Crippen MR) is 63.2 cm³/mol. The largest absolute Gasteiger partial charge is 0.379 e. The number of benzene rings is 1. The van der Waals surface area contributed by atoms with Gasteiger partial charge in [-0.15, -0.1) is 0 Å². The molecule has 3 aromatic rings. The zero-order chi connectivity index (χ0) is 11.8. The summed E-state index contributed by atoms with van der Waals surface area (Å²) >= 11 is 0. The fourth-order valence-corrected chi connectivity index (χ4v) is 1.75. The second-order valence-electron chi connectivity index (χ2n) is 3.79. The number of hydrogen-bond acceptors (Lipinski definition) is 5. The number of rotatable bonds is 2. The quantitative estimate of drug-likeness (QED) is 0.698. The van der Waals surface area contributed by atoms with Crippen molar-refractivity contribution in [2.24, 2.45) is 0 Å². The number of imidazole rings is 1. The van der Waals surface area contributed by atoms with Gasteiger partial charge in [0.15, 0.2) is 17.3 Å². The second kappa shape index (κ2) is 3.58. The summed E-state index contributed by atoms with van der Waals surface area (Å²) in [6.07, 6.45) is 0.984. The summed E-state index contributed by atoms with van der Waals surface area (Å²) in [5.74, 6) is 0.812. The van der Waals surface area contributed by atoms with Crippen LogP contribution in [0.25, 0.3) is 22.6 Å². The zero-order valence-corrected chi connectivity index (χ0v) is 9.27. The lowest BCUT2D eigenvalue weighted by atomic mass is 10.1. The van der Waals surface area contributed by atoms with Crippen LogP contribution < -0.4 is 5.73 Å². The number of nitrogens with one attached hydrogen (secondary N) is 1. The highest BCUT2D eigenvalue weighted by Gasteiger charge is 2.13. The van der Waals surface area contributed by atoms with Crippen molar-refractivity contribution in [3.8, 4) is 11.5 Å². The van der Waals surface area contributed by atoms with E-state index in [9.17, 15) is 0 Å². The van der Waals surface area contributed by atoms with Crippen LogP contribution in [0.1, 0.15) is 12.5 Å². The first-order valence-electron chi connectivity index (χ1n) is 5.35. The first kappa shape index (κ1) is 9.83. The molecule has 3 rings (SSSR count). The molecule has 0 atom stereocenters. The van der Waals surface area contributed by atoms with Crippen LogP contribution in [-0.4, -0.2) is 20.3 Å². The van der Waals surface area contributed by atoms with E-state index in [1.54, 1.807) is 0 Å². The van der Waals surface area contributed by atoms with E-state index in [0.717, 1.165) is 17.5 Å². The van der Waals surface area contributed by atoms with Crippen LogP contribution >= 0.6 is 0 Å². The van der Waals surface area contributed by atoms with Gasteiger partial charge in [-0.2, -0.15) is 0 Å². The number of anilines is 1. The molecule has 0 aliphatic carbocycles. The molecule has 0 saturated carbocycles. The second-order valence-corrected chi connectivity index (χ2v) is 3.79. The number of nitrogens with two attached hydrogens (primary N) is 1. The molecule has 0 bridgehead atoms. The van der Waals surface area contributed by atoms with Gasteiger partial charge in [0.05, 0.1) is 11.0 Å². The number of H-pyrrole nitrogens is 1. The number of fused-ring (bicyclic) bond motifs is 1. The lowest BCUT2D eigenvalue weighted by Crippen LogP contribution is -1.89. The Labute approximate surface area is 96.8 Å². The van der Waals surface area contributed by atoms with Crippen LogP contribution in [0.3, 0.4) is 0 Å². The molecule has 0 amide bonds. The first-order valence-corrected chi connectivity index (χ1v) is 5.35. The van der Waals surface area contributed by atoms with E-state index in [0.29, 0.717) is 11.5 Å². The summed E-state index contributed by atoms with van der Waals surface area (Å²) in [7, 11) is 0. The Morgan fingerprint density at radius 2 is 2.24 bits per heavy atom. The number of nitrogens with zero attached hydrogens (tertiary/aromatic N) is 3. The SMILES string of the molecule is CCc1ccc2nc(-c3nonc3N)[nH]c2c1. The van der Waals surface area contributed by atoms with Crippen molar-refractivity contribution in [3.63, 3.8) is 0 Å². The Hall–Kier alpha value is -2.37. The minimum atomic E-state index is 0.236. The topological polar surface area (TPSA) is 93.6 Å². The van der Waals surface area contributed by atoms with Gasteiger partial charge in [0.2, 0.25) is 0 Å². The maximum atomic E-state index is 5.62.